The van der Waals surface area contributed by atoms with E-state index >= 15 is 0 Å². The Bertz CT molecular complexity index is 3840. The molecule has 2 aromatic heterocycles. The van der Waals surface area contributed by atoms with Crippen molar-refractivity contribution in [1.82, 2.24) is 9.38 Å². The molecule has 13 rings (SSSR count). The molecule has 0 N–H and O–H groups in total. The van der Waals surface area contributed by atoms with Gasteiger partial charge in [0.2, 0.25) is 0 Å². The molecule has 0 bridgehead atoms. The first-order chi connectivity index (χ1) is 32.5. The van der Waals surface area contributed by atoms with Crippen molar-refractivity contribution >= 4 is 38.0 Å². The SMILES string of the molecule is CC1(C)c2ccccc2-c2cc3c(-c4ccc(-c5ccccc5)cc4)c4ccc(-c5ccc(-c6cn7ccc8ccccc8c7n6)cc5)cc4c(-c4ccc(-c5ccccc5)cc4)c3cc21. The molecule has 0 spiro atoms. The van der Waals surface area contributed by atoms with Gasteiger partial charge in [-0.25, -0.2) is 4.98 Å². The molecule has 66 heavy (non-hydrogen) atoms. The Morgan fingerprint density at radius 2 is 0.848 bits per heavy atom. The van der Waals surface area contributed by atoms with E-state index in [1.165, 1.54) is 105 Å². The van der Waals surface area contributed by atoms with Crippen molar-refractivity contribution in [3.8, 4) is 78.0 Å². The van der Waals surface area contributed by atoms with E-state index in [1.54, 1.807) is 0 Å². The van der Waals surface area contributed by atoms with Gasteiger partial charge >= 0.3 is 0 Å². The van der Waals surface area contributed by atoms with Crippen LogP contribution in [0.2, 0.25) is 0 Å². The van der Waals surface area contributed by atoms with Crippen LogP contribution in [0.4, 0.5) is 0 Å². The third kappa shape index (κ3) is 6.06. The molecule has 2 nitrogen and oxygen atoms in total. The van der Waals surface area contributed by atoms with Gasteiger partial charge in [0.15, 0.2) is 0 Å². The molecule has 0 saturated heterocycles. The molecule has 0 saturated carbocycles. The molecule has 0 aliphatic heterocycles. The lowest BCUT2D eigenvalue weighted by Crippen LogP contribution is -2.14. The van der Waals surface area contributed by atoms with Crippen LogP contribution in [0.25, 0.3) is 116 Å². The highest BCUT2D eigenvalue weighted by molar-refractivity contribution is 6.23. The molecule has 2 heterocycles. The second-order valence-corrected chi connectivity index (χ2v) is 18.3. The van der Waals surface area contributed by atoms with Crippen molar-refractivity contribution in [1.29, 1.82) is 0 Å². The summed E-state index contributed by atoms with van der Waals surface area (Å²) in [5.74, 6) is 0. The number of aromatic nitrogens is 2. The molecule has 0 amide bonds. The van der Waals surface area contributed by atoms with Crippen LogP contribution in [0, 0.1) is 0 Å². The first-order valence-electron chi connectivity index (χ1n) is 22.9. The highest BCUT2D eigenvalue weighted by Gasteiger charge is 2.36. The Hall–Kier alpha value is -8.33. The minimum Gasteiger partial charge on any atom is -0.306 e. The van der Waals surface area contributed by atoms with Crippen LogP contribution in [-0.4, -0.2) is 9.38 Å². The number of benzene rings is 10. The summed E-state index contributed by atoms with van der Waals surface area (Å²) < 4.78 is 2.13. The average Bonchev–Trinajstić information content (AvgIpc) is 3.92. The van der Waals surface area contributed by atoms with Crippen molar-refractivity contribution in [2.75, 3.05) is 0 Å². The summed E-state index contributed by atoms with van der Waals surface area (Å²) in [5.41, 5.74) is 20.4. The van der Waals surface area contributed by atoms with Crippen LogP contribution in [0.3, 0.4) is 0 Å². The van der Waals surface area contributed by atoms with E-state index in [-0.39, 0.29) is 5.41 Å². The fourth-order valence-corrected chi connectivity index (χ4v) is 10.8. The number of nitrogens with zero attached hydrogens (tertiary/aromatic N) is 2. The van der Waals surface area contributed by atoms with Crippen LogP contribution in [0.5, 0.6) is 0 Å². The number of pyridine rings is 1. The fourth-order valence-electron chi connectivity index (χ4n) is 10.8. The van der Waals surface area contributed by atoms with Gasteiger partial charge in [-0.2, -0.15) is 0 Å². The third-order valence-electron chi connectivity index (χ3n) is 14.2. The van der Waals surface area contributed by atoms with Gasteiger partial charge in [-0.1, -0.05) is 208 Å². The maximum absolute atomic E-state index is 5.13. The first-order valence-corrected chi connectivity index (χ1v) is 22.9. The Kier molecular flexibility index (Phi) is 8.60. The predicted molar refractivity (Wildman–Crippen MR) is 278 cm³/mol. The predicted octanol–water partition coefficient (Wildman–Crippen LogP) is 17.1. The second-order valence-electron chi connectivity index (χ2n) is 18.3. The van der Waals surface area contributed by atoms with Crippen LogP contribution in [-0.2, 0) is 5.41 Å². The van der Waals surface area contributed by atoms with E-state index in [0.717, 1.165) is 22.3 Å². The van der Waals surface area contributed by atoms with Crippen LogP contribution in [0.1, 0.15) is 25.0 Å². The Morgan fingerprint density at radius 1 is 0.348 bits per heavy atom. The highest BCUT2D eigenvalue weighted by atomic mass is 15.0. The number of imidazole rings is 1. The van der Waals surface area contributed by atoms with Gasteiger partial charge in [0, 0.05) is 28.8 Å². The van der Waals surface area contributed by atoms with Crippen molar-refractivity contribution in [3.63, 3.8) is 0 Å². The summed E-state index contributed by atoms with van der Waals surface area (Å²) in [6.45, 7) is 4.77. The van der Waals surface area contributed by atoms with Gasteiger partial charge in [0.1, 0.15) is 5.65 Å². The molecule has 1 aliphatic rings. The largest absolute Gasteiger partial charge is 0.306 e. The lowest BCUT2D eigenvalue weighted by Gasteiger charge is -2.24. The van der Waals surface area contributed by atoms with Crippen molar-refractivity contribution < 1.29 is 0 Å². The lowest BCUT2D eigenvalue weighted by atomic mass is 9.79. The Morgan fingerprint density at radius 3 is 1.53 bits per heavy atom. The molecule has 0 unspecified atom stereocenters. The number of rotatable bonds is 6. The van der Waals surface area contributed by atoms with E-state index in [0.29, 0.717) is 0 Å². The zero-order valence-corrected chi connectivity index (χ0v) is 36.8. The number of fused-ring (bicyclic) bond motifs is 8. The normalized spacial score (nSPS) is 12.8. The second kappa shape index (κ2) is 14.9. The zero-order valence-electron chi connectivity index (χ0n) is 36.8. The molecular formula is C64H44N2. The third-order valence-corrected chi connectivity index (χ3v) is 14.2. The van der Waals surface area contributed by atoms with Crippen molar-refractivity contribution in [2.45, 2.75) is 19.3 Å². The molecule has 310 valence electrons. The van der Waals surface area contributed by atoms with Crippen LogP contribution in [0.15, 0.2) is 231 Å². The maximum atomic E-state index is 5.13. The molecule has 10 aromatic carbocycles. The Labute approximate surface area is 384 Å². The number of hydrogen-bond donors (Lipinski definition) is 0. The molecule has 1 aliphatic carbocycles. The summed E-state index contributed by atoms with van der Waals surface area (Å²) in [6, 6.07) is 80.6. The highest BCUT2D eigenvalue weighted by Crippen LogP contribution is 2.53. The fraction of sp³-hybridized carbons (Fsp3) is 0.0469. The molecule has 0 atom stereocenters. The van der Waals surface area contributed by atoms with E-state index < -0.39 is 0 Å². The van der Waals surface area contributed by atoms with E-state index in [9.17, 15) is 0 Å². The van der Waals surface area contributed by atoms with Gasteiger partial charge in [-0.3, -0.25) is 0 Å². The standard InChI is InChI=1S/C64H44N2/c1-64(2)58-20-12-11-19-52(58)54-38-56-57(39-59(54)64)62(49-31-25-44(26-32-49)42-15-7-4-8-16-42)55-37-50(33-34-53(55)61(56)48-29-23-43(24-30-48)41-13-5-3-6-14-41)45-21-27-47(28-22-45)60-40-66-36-35-46-17-9-10-18-51(46)63(66)65-60/h3-40H,1-2H3. The van der Waals surface area contributed by atoms with E-state index in [4.69, 9.17) is 4.98 Å². The molecule has 2 heteroatoms. The smallest absolute Gasteiger partial charge is 0.145 e. The van der Waals surface area contributed by atoms with Crippen molar-refractivity contribution in [2.24, 2.45) is 0 Å². The number of hydrogen-bond acceptors (Lipinski definition) is 1. The van der Waals surface area contributed by atoms with E-state index in [1.807, 2.05) is 0 Å². The van der Waals surface area contributed by atoms with Gasteiger partial charge in [-0.15, -0.1) is 0 Å². The molecule has 0 fully saturated rings. The average molecular weight is 841 g/mol. The zero-order chi connectivity index (χ0) is 43.9. The topological polar surface area (TPSA) is 17.3 Å². The monoisotopic (exact) mass is 840 g/mol. The maximum Gasteiger partial charge on any atom is 0.145 e. The quantitative estimate of drug-likeness (QED) is 0.153. The van der Waals surface area contributed by atoms with Gasteiger partial charge in [-0.05, 0) is 129 Å². The summed E-state index contributed by atoms with van der Waals surface area (Å²) in [7, 11) is 0. The van der Waals surface area contributed by atoms with E-state index in [2.05, 4.69) is 249 Å². The molecule has 0 radical (unpaired) electrons. The van der Waals surface area contributed by atoms with Gasteiger partial charge in [0.25, 0.3) is 0 Å². The van der Waals surface area contributed by atoms with Crippen LogP contribution < -0.4 is 0 Å². The summed E-state index contributed by atoms with van der Waals surface area (Å²) in [5, 5.41) is 7.35. The van der Waals surface area contributed by atoms with Gasteiger partial charge < -0.3 is 4.40 Å². The van der Waals surface area contributed by atoms with Crippen molar-refractivity contribution in [3.05, 3.63) is 242 Å². The Balaban J connectivity index is 1.04. The molecule has 12 aromatic rings. The minimum absolute atomic E-state index is 0.154. The van der Waals surface area contributed by atoms with Gasteiger partial charge in [0.05, 0.1) is 5.69 Å². The first kappa shape index (κ1) is 38.2. The molecular weight excluding hydrogens is 797 g/mol. The lowest BCUT2D eigenvalue weighted by molar-refractivity contribution is 0.661. The summed E-state index contributed by atoms with van der Waals surface area (Å²) in [6.07, 6.45) is 4.24. The minimum atomic E-state index is -0.154. The summed E-state index contributed by atoms with van der Waals surface area (Å²) >= 11 is 0. The summed E-state index contributed by atoms with van der Waals surface area (Å²) in [4.78, 5) is 5.13. The van der Waals surface area contributed by atoms with Crippen LogP contribution >= 0.6 is 0 Å².